The molecular weight excluding hydrogens is 300 g/mol. The molecule has 3 rings (SSSR count). The second-order valence-electron chi connectivity index (χ2n) is 5.62. The van der Waals surface area contributed by atoms with Gasteiger partial charge in [-0.2, -0.15) is 23.1 Å². The fraction of sp³-hybridized carbons (Fsp3) is 0.562. The maximum atomic E-state index is 12.3. The van der Waals surface area contributed by atoms with Gasteiger partial charge in [0, 0.05) is 44.0 Å². The van der Waals surface area contributed by atoms with Crippen molar-refractivity contribution in [3.05, 3.63) is 28.5 Å². The van der Waals surface area contributed by atoms with Crippen molar-refractivity contribution in [2.24, 2.45) is 0 Å². The van der Waals surface area contributed by atoms with Crippen LogP contribution in [-0.2, 0) is 4.79 Å². The minimum absolute atomic E-state index is 0.156. The number of rotatable bonds is 3. The van der Waals surface area contributed by atoms with Crippen molar-refractivity contribution < 1.29 is 4.79 Å². The van der Waals surface area contributed by atoms with Gasteiger partial charge in [-0.3, -0.25) is 9.69 Å². The standard InChI is InChI=1S/C16H22N2OS2/c19-16(3-2-14-4-10-20-12-14)18-7-1-6-17(8-9-18)15-5-11-21-13-15/h2-4,10,12,15H,1,5-9,11,13H2/b3-2+. The number of thiophene rings is 1. The molecule has 1 aromatic rings. The van der Waals surface area contributed by atoms with E-state index < -0.39 is 0 Å². The lowest BCUT2D eigenvalue weighted by atomic mass is 10.2. The largest absolute Gasteiger partial charge is 0.338 e. The number of hydrogen-bond acceptors (Lipinski definition) is 4. The monoisotopic (exact) mass is 322 g/mol. The second-order valence-corrected chi connectivity index (χ2v) is 7.55. The number of nitrogens with zero attached hydrogens (tertiary/aromatic N) is 2. The Morgan fingerprint density at radius 2 is 2.24 bits per heavy atom. The van der Waals surface area contributed by atoms with E-state index in [1.807, 2.05) is 22.4 Å². The maximum Gasteiger partial charge on any atom is 0.246 e. The highest BCUT2D eigenvalue weighted by molar-refractivity contribution is 7.99. The van der Waals surface area contributed by atoms with E-state index in [9.17, 15) is 4.79 Å². The van der Waals surface area contributed by atoms with Gasteiger partial charge in [-0.1, -0.05) is 0 Å². The highest BCUT2D eigenvalue weighted by Gasteiger charge is 2.25. The van der Waals surface area contributed by atoms with E-state index in [0.29, 0.717) is 0 Å². The highest BCUT2D eigenvalue weighted by Crippen LogP contribution is 2.23. The van der Waals surface area contributed by atoms with E-state index in [1.165, 1.54) is 17.9 Å². The number of thioether (sulfide) groups is 1. The Labute approximate surface area is 135 Å². The third kappa shape index (κ3) is 4.11. The van der Waals surface area contributed by atoms with Crippen molar-refractivity contribution in [2.75, 3.05) is 37.7 Å². The molecule has 0 aromatic carbocycles. The fourth-order valence-corrected chi connectivity index (χ4v) is 4.86. The molecule has 1 amide bonds. The summed E-state index contributed by atoms with van der Waals surface area (Å²) in [5, 5.41) is 4.10. The zero-order valence-corrected chi connectivity index (χ0v) is 13.9. The second kappa shape index (κ2) is 7.47. The van der Waals surface area contributed by atoms with Crippen molar-refractivity contribution >= 4 is 35.1 Å². The van der Waals surface area contributed by atoms with Crippen LogP contribution in [0.4, 0.5) is 0 Å². The van der Waals surface area contributed by atoms with Gasteiger partial charge in [-0.25, -0.2) is 0 Å². The zero-order valence-electron chi connectivity index (χ0n) is 12.2. The molecule has 0 radical (unpaired) electrons. The van der Waals surface area contributed by atoms with Gasteiger partial charge in [0.05, 0.1) is 0 Å². The van der Waals surface area contributed by atoms with E-state index >= 15 is 0 Å². The summed E-state index contributed by atoms with van der Waals surface area (Å²) in [5.41, 5.74) is 1.12. The van der Waals surface area contributed by atoms with Crippen LogP contribution in [-0.4, -0.2) is 59.4 Å². The topological polar surface area (TPSA) is 23.6 Å². The first-order valence-corrected chi connectivity index (χ1v) is 9.73. The number of carbonyl (C=O) groups is 1. The van der Waals surface area contributed by atoms with Crippen molar-refractivity contribution in [3.63, 3.8) is 0 Å². The lowest BCUT2D eigenvalue weighted by molar-refractivity contribution is -0.125. The van der Waals surface area contributed by atoms with E-state index in [1.54, 1.807) is 17.4 Å². The summed E-state index contributed by atoms with van der Waals surface area (Å²) < 4.78 is 0. The van der Waals surface area contributed by atoms with E-state index in [-0.39, 0.29) is 5.91 Å². The average Bonchev–Trinajstić information content (AvgIpc) is 3.15. The minimum atomic E-state index is 0.156. The Bertz CT molecular complexity index is 480. The normalized spacial score (nSPS) is 24.6. The van der Waals surface area contributed by atoms with Crippen molar-refractivity contribution in [3.8, 4) is 0 Å². The molecule has 0 saturated carbocycles. The van der Waals surface area contributed by atoms with Crippen LogP contribution in [0, 0.1) is 0 Å². The van der Waals surface area contributed by atoms with Crippen LogP contribution in [0.1, 0.15) is 18.4 Å². The van der Waals surface area contributed by atoms with E-state index in [4.69, 9.17) is 0 Å². The van der Waals surface area contributed by atoms with Gasteiger partial charge in [-0.15, -0.1) is 0 Å². The molecule has 3 nitrogen and oxygen atoms in total. The van der Waals surface area contributed by atoms with Crippen LogP contribution in [0.5, 0.6) is 0 Å². The molecular formula is C16H22N2OS2. The van der Waals surface area contributed by atoms with Gasteiger partial charge in [0.15, 0.2) is 0 Å². The molecule has 2 fully saturated rings. The van der Waals surface area contributed by atoms with Crippen LogP contribution in [0.3, 0.4) is 0 Å². The molecule has 3 heterocycles. The first kappa shape index (κ1) is 15.1. The third-order valence-electron chi connectivity index (χ3n) is 4.23. The van der Waals surface area contributed by atoms with Crippen molar-refractivity contribution in [1.29, 1.82) is 0 Å². The summed E-state index contributed by atoms with van der Waals surface area (Å²) in [4.78, 5) is 16.9. The van der Waals surface area contributed by atoms with Crippen LogP contribution in [0.2, 0.25) is 0 Å². The molecule has 1 aromatic heterocycles. The molecule has 2 aliphatic heterocycles. The number of carbonyl (C=O) groups excluding carboxylic acids is 1. The smallest absolute Gasteiger partial charge is 0.246 e. The van der Waals surface area contributed by atoms with Crippen LogP contribution in [0.25, 0.3) is 6.08 Å². The molecule has 114 valence electrons. The summed E-state index contributed by atoms with van der Waals surface area (Å²) >= 11 is 3.72. The molecule has 0 N–H and O–H groups in total. The van der Waals surface area contributed by atoms with Gasteiger partial charge in [0.25, 0.3) is 0 Å². The van der Waals surface area contributed by atoms with Gasteiger partial charge in [-0.05, 0) is 47.1 Å². The van der Waals surface area contributed by atoms with Crippen molar-refractivity contribution in [2.45, 2.75) is 18.9 Å². The minimum Gasteiger partial charge on any atom is -0.338 e. The lowest BCUT2D eigenvalue weighted by Gasteiger charge is -2.26. The third-order valence-corrected chi connectivity index (χ3v) is 6.07. The first-order chi connectivity index (χ1) is 10.3. The molecule has 21 heavy (non-hydrogen) atoms. The molecule has 2 saturated heterocycles. The molecule has 0 spiro atoms. The van der Waals surface area contributed by atoms with E-state index in [0.717, 1.165) is 44.2 Å². The van der Waals surface area contributed by atoms with Crippen LogP contribution >= 0.6 is 23.1 Å². The van der Waals surface area contributed by atoms with Gasteiger partial charge >= 0.3 is 0 Å². The van der Waals surface area contributed by atoms with Gasteiger partial charge in [0.1, 0.15) is 0 Å². The van der Waals surface area contributed by atoms with Crippen LogP contribution in [0.15, 0.2) is 22.9 Å². The Morgan fingerprint density at radius 1 is 1.29 bits per heavy atom. The van der Waals surface area contributed by atoms with Gasteiger partial charge in [0.2, 0.25) is 5.91 Å². The molecule has 5 heteroatoms. The molecule has 1 unspecified atom stereocenters. The summed E-state index contributed by atoms with van der Waals surface area (Å²) in [6.45, 7) is 3.93. The Balaban J connectivity index is 1.53. The van der Waals surface area contributed by atoms with Crippen LogP contribution < -0.4 is 0 Å². The lowest BCUT2D eigenvalue weighted by Crippen LogP contribution is -2.39. The predicted octanol–water partition coefficient (Wildman–Crippen LogP) is 2.80. The SMILES string of the molecule is O=C(/C=C/c1ccsc1)N1CCCN(C2CCSC2)CC1. The number of hydrogen-bond donors (Lipinski definition) is 0. The van der Waals surface area contributed by atoms with E-state index in [2.05, 4.69) is 22.0 Å². The molecule has 2 aliphatic rings. The zero-order chi connectivity index (χ0) is 14.5. The maximum absolute atomic E-state index is 12.3. The summed E-state index contributed by atoms with van der Waals surface area (Å²) in [5.74, 6) is 2.72. The fourth-order valence-electron chi connectivity index (χ4n) is 2.98. The quantitative estimate of drug-likeness (QED) is 0.800. The Hall–Kier alpha value is -0.780. The average molecular weight is 322 g/mol. The Morgan fingerprint density at radius 3 is 3.00 bits per heavy atom. The number of amides is 1. The Kier molecular flexibility index (Phi) is 5.38. The first-order valence-electron chi connectivity index (χ1n) is 7.64. The predicted molar refractivity (Wildman–Crippen MR) is 91.9 cm³/mol. The van der Waals surface area contributed by atoms with Gasteiger partial charge < -0.3 is 4.90 Å². The molecule has 0 bridgehead atoms. The highest BCUT2D eigenvalue weighted by atomic mass is 32.2. The summed E-state index contributed by atoms with van der Waals surface area (Å²) in [6, 6.07) is 2.78. The molecule has 1 atom stereocenters. The molecule has 0 aliphatic carbocycles. The summed E-state index contributed by atoms with van der Waals surface area (Å²) in [6.07, 6.45) is 6.06. The van der Waals surface area contributed by atoms with Crippen molar-refractivity contribution in [1.82, 2.24) is 9.80 Å². The summed E-state index contributed by atoms with van der Waals surface area (Å²) in [7, 11) is 0.